The van der Waals surface area contributed by atoms with E-state index in [1.807, 2.05) is 0 Å². The third-order valence-electron chi connectivity index (χ3n) is 2.32. The first-order valence-corrected chi connectivity index (χ1v) is 6.56. The second-order valence-corrected chi connectivity index (χ2v) is 5.43. The minimum atomic E-state index is -4.65. The molecular weight excluding hydrogens is 281 g/mol. The SMILES string of the molecule is COc1ccc(S2(=O)=NC=CC(C(F)(F)F)=N2)cc1. The fourth-order valence-corrected chi connectivity index (χ4v) is 2.81. The van der Waals surface area contributed by atoms with Gasteiger partial charge < -0.3 is 4.74 Å². The van der Waals surface area contributed by atoms with E-state index in [1.54, 1.807) is 0 Å². The minimum absolute atomic E-state index is 0.0967. The van der Waals surface area contributed by atoms with Crippen molar-refractivity contribution in [3.63, 3.8) is 0 Å². The molecule has 1 atom stereocenters. The van der Waals surface area contributed by atoms with Crippen LogP contribution in [0.15, 0.2) is 50.2 Å². The standard InChI is InChI=1S/C11H9F3N2O2S/c1-18-8-2-4-9(5-3-8)19(17)15-7-6-10(16-19)11(12,13)14/h2-7H,1H3. The van der Waals surface area contributed by atoms with E-state index in [-0.39, 0.29) is 4.90 Å². The lowest BCUT2D eigenvalue weighted by Gasteiger charge is -2.12. The molecule has 0 radical (unpaired) electrons. The van der Waals surface area contributed by atoms with Crippen molar-refractivity contribution in [3.8, 4) is 5.75 Å². The Labute approximate surface area is 107 Å². The highest BCUT2D eigenvalue weighted by molar-refractivity contribution is 7.92. The molecule has 19 heavy (non-hydrogen) atoms. The molecule has 0 aliphatic carbocycles. The molecule has 0 amide bonds. The number of allylic oxidation sites excluding steroid dienone is 1. The number of methoxy groups -OCH3 is 1. The first-order chi connectivity index (χ1) is 8.85. The Balaban J connectivity index is 2.49. The van der Waals surface area contributed by atoms with E-state index in [1.165, 1.54) is 31.4 Å². The van der Waals surface area contributed by atoms with E-state index in [0.717, 1.165) is 6.20 Å². The first kappa shape index (κ1) is 13.6. The zero-order valence-corrected chi connectivity index (χ0v) is 10.5. The van der Waals surface area contributed by atoms with E-state index >= 15 is 0 Å². The third kappa shape index (κ3) is 2.78. The average Bonchev–Trinajstić information content (AvgIpc) is 2.38. The highest BCUT2D eigenvalue weighted by Gasteiger charge is 2.36. The molecule has 0 bridgehead atoms. The second-order valence-electron chi connectivity index (χ2n) is 3.57. The van der Waals surface area contributed by atoms with Crippen LogP contribution in [0.2, 0.25) is 0 Å². The van der Waals surface area contributed by atoms with Gasteiger partial charge in [-0.2, -0.15) is 21.9 Å². The first-order valence-electron chi connectivity index (χ1n) is 5.09. The van der Waals surface area contributed by atoms with Gasteiger partial charge in [0.05, 0.1) is 12.0 Å². The quantitative estimate of drug-likeness (QED) is 0.840. The summed E-state index contributed by atoms with van der Waals surface area (Å²) in [5, 5.41) is 0. The van der Waals surface area contributed by atoms with Crippen LogP contribution in [-0.2, 0) is 9.92 Å². The van der Waals surface area contributed by atoms with Gasteiger partial charge in [0.25, 0.3) is 0 Å². The number of alkyl halides is 3. The van der Waals surface area contributed by atoms with E-state index in [4.69, 9.17) is 4.74 Å². The predicted molar refractivity (Wildman–Crippen MR) is 64.5 cm³/mol. The van der Waals surface area contributed by atoms with Crippen molar-refractivity contribution >= 4 is 15.6 Å². The van der Waals surface area contributed by atoms with Gasteiger partial charge >= 0.3 is 6.18 Å². The minimum Gasteiger partial charge on any atom is -0.497 e. The van der Waals surface area contributed by atoms with Crippen LogP contribution in [0.25, 0.3) is 0 Å². The summed E-state index contributed by atoms with van der Waals surface area (Å²) < 4.78 is 61.7. The van der Waals surface area contributed by atoms with Crippen LogP contribution in [0.5, 0.6) is 5.75 Å². The van der Waals surface area contributed by atoms with Gasteiger partial charge in [-0.15, -0.1) is 0 Å². The Morgan fingerprint density at radius 3 is 2.37 bits per heavy atom. The topological polar surface area (TPSA) is 51.0 Å². The van der Waals surface area contributed by atoms with Crippen molar-refractivity contribution < 1.29 is 22.1 Å². The van der Waals surface area contributed by atoms with Crippen molar-refractivity contribution in [2.24, 2.45) is 8.76 Å². The van der Waals surface area contributed by atoms with Crippen LogP contribution >= 0.6 is 0 Å². The summed E-state index contributed by atoms with van der Waals surface area (Å²) >= 11 is 0. The van der Waals surface area contributed by atoms with E-state index in [9.17, 15) is 17.4 Å². The molecule has 1 aromatic rings. The molecule has 0 N–H and O–H groups in total. The largest absolute Gasteiger partial charge is 0.497 e. The second kappa shape index (κ2) is 4.69. The van der Waals surface area contributed by atoms with Crippen molar-refractivity contribution in [2.75, 3.05) is 7.11 Å². The van der Waals surface area contributed by atoms with Crippen LogP contribution in [0, 0.1) is 0 Å². The molecule has 0 saturated heterocycles. The molecule has 4 nitrogen and oxygen atoms in total. The van der Waals surface area contributed by atoms with Gasteiger partial charge in [-0.1, -0.05) is 0 Å². The Hall–Kier alpha value is -1.83. The van der Waals surface area contributed by atoms with Crippen molar-refractivity contribution in [1.29, 1.82) is 0 Å². The van der Waals surface area contributed by atoms with E-state index in [2.05, 4.69) is 8.76 Å². The van der Waals surface area contributed by atoms with Gasteiger partial charge in [0, 0.05) is 6.20 Å². The van der Waals surface area contributed by atoms with Crippen LogP contribution in [-0.4, -0.2) is 23.2 Å². The monoisotopic (exact) mass is 290 g/mol. The molecule has 0 fully saturated rings. The lowest BCUT2D eigenvalue weighted by Crippen LogP contribution is -2.23. The molecule has 8 heteroatoms. The Morgan fingerprint density at radius 2 is 1.84 bits per heavy atom. The molecule has 2 rings (SSSR count). The molecule has 1 aliphatic rings. The zero-order chi connectivity index (χ0) is 14.1. The van der Waals surface area contributed by atoms with Crippen molar-refractivity contribution in [3.05, 3.63) is 36.5 Å². The smallest absolute Gasteiger partial charge is 0.434 e. The highest BCUT2D eigenvalue weighted by Crippen LogP contribution is 2.26. The molecule has 0 aromatic heterocycles. The van der Waals surface area contributed by atoms with Gasteiger partial charge in [0.15, 0.2) is 15.6 Å². The fraction of sp³-hybridized carbons (Fsp3) is 0.182. The maximum absolute atomic E-state index is 12.5. The van der Waals surface area contributed by atoms with Gasteiger partial charge in [-0.05, 0) is 30.3 Å². The zero-order valence-electron chi connectivity index (χ0n) is 9.72. The predicted octanol–water partition coefficient (Wildman–Crippen LogP) is 2.97. The summed E-state index contributed by atoms with van der Waals surface area (Å²) in [4.78, 5) is 0.0967. The van der Waals surface area contributed by atoms with Crippen LogP contribution in [0.1, 0.15) is 0 Å². The van der Waals surface area contributed by atoms with Crippen LogP contribution < -0.4 is 4.74 Å². The van der Waals surface area contributed by atoms with Gasteiger partial charge in [0.1, 0.15) is 5.75 Å². The number of hydrogen-bond donors (Lipinski definition) is 0. The Bertz CT molecular complexity index is 654. The average molecular weight is 290 g/mol. The summed E-state index contributed by atoms with van der Waals surface area (Å²) in [5.74, 6) is 0.498. The molecule has 0 saturated carbocycles. The number of benzene rings is 1. The third-order valence-corrected chi connectivity index (χ3v) is 4.05. The molecule has 1 aromatic carbocycles. The Kier molecular flexibility index (Phi) is 3.36. The lowest BCUT2D eigenvalue weighted by molar-refractivity contribution is -0.0575. The molecule has 1 heterocycles. The highest BCUT2D eigenvalue weighted by atomic mass is 32.2. The number of ether oxygens (including phenoxy) is 1. The lowest BCUT2D eigenvalue weighted by atomic mass is 10.3. The van der Waals surface area contributed by atoms with Crippen molar-refractivity contribution in [2.45, 2.75) is 11.1 Å². The van der Waals surface area contributed by atoms with Crippen molar-refractivity contribution in [1.82, 2.24) is 0 Å². The molecule has 1 aliphatic heterocycles. The maximum Gasteiger partial charge on any atom is 0.434 e. The molecule has 102 valence electrons. The Morgan fingerprint density at radius 1 is 1.21 bits per heavy atom. The maximum atomic E-state index is 12.5. The summed E-state index contributed by atoms with van der Waals surface area (Å²) in [6.07, 6.45) is -3.10. The summed E-state index contributed by atoms with van der Waals surface area (Å²) in [6, 6.07) is 5.72. The summed E-state index contributed by atoms with van der Waals surface area (Å²) in [5.41, 5.74) is -1.21. The summed E-state index contributed by atoms with van der Waals surface area (Å²) in [6.45, 7) is 0. The van der Waals surface area contributed by atoms with Gasteiger partial charge in [-0.25, -0.2) is 4.21 Å². The fourth-order valence-electron chi connectivity index (χ4n) is 1.38. The number of hydrogen-bond acceptors (Lipinski definition) is 3. The molecular formula is C11H9F3N2O2S. The number of halogens is 3. The summed E-state index contributed by atoms with van der Waals surface area (Å²) in [7, 11) is -2.03. The van der Waals surface area contributed by atoms with E-state index < -0.39 is 21.8 Å². The van der Waals surface area contributed by atoms with Gasteiger partial charge in [-0.3, -0.25) is 0 Å². The number of nitrogens with zero attached hydrogens (tertiary/aromatic N) is 2. The number of rotatable bonds is 2. The van der Waals surface area contributed by atoms with Crippen LogP contribution in [0.4, 0.5) is 13.2 Å². The van der Waals surface area contributed by atoms with Gasteiger partial charge in [0.2, 0.25) is 0 Å². The van der Waals surface area contributed by atoms with E-state index in [0.29, 0.717) is 11.8 Å². The molecule has 0 spiro atoms. The normalized spacial score (nSPS) is 22.6. The van der Waals surface area contributed by atoms with Crippen LogP contribution in [0.3, 0.4) is 0 Å². The molecule has 1 unspecified atom stereocenters.